The van der Waals surface area contributed by atoms with Crippen molar-refractivity contribution in [2.24, 2.45) is 0 Å². The summed E-state index contributed by atoms with van der Waals surface area (Å²) >= 11 is 0. The van der Waals surface area contributed by atoms with Gasteiger partial charge in [-0.15, -0.1) is 0 Å². The fourth-order valence-corrected chi connectivity index (χ4v) is 5.15. The molecular weight excluding hydrogens is 415 g/mol. The summed E-state index contributed by atoms with van der Waals surface area (Å²) < 4.78 is 47.2. The van der Waals surface area contributed by atoms with Gasteiger partial charge >= 0.3 is 0 Å². The molecule has 2 heterocycles. The summed E-state index contributed by atoms with van der Waals surface area (Å²) in [7, 11) is -3.97. The van der Waals surface area contributed by atoms with Crippen molar-refractivity contribution in [3.63, 3.8) is 0 Å². The Morgan fingerprint density at radius 1 is 0.871 bits per heavy atom. The normalized spacial score (nSPS) is 13.8. The second kappa shape index (κ2) is 7.67. The van der Waals surface area contributed by atoms with Crippen LogP contribution in [0.3, 0.4) is 0 Å². The van der Waals surface area contributed by atoms with Crippen LogP contribution < -0.4 is 4.90 Å². The van der Waals surface area contributed by atoms with Gasteiger partial charge in [0.05, 0.1) is 10.5 Å². The predicted octanol–water partition coefficient (Wildman–Crippen LogP) is 4.88. The number of hydrogen-bond acceptors (Lipinski definition) is 5. The van der Waals surface area contributed by atoms with E-state index in [-0.39, 0.29) is 27.3 Å². The van der Waals surface area contributed by atoms with Crippen LogP contribution in [0.4, 0.5) is 10.3 Å². The van der Waals surface area contributed by atoms with E-state index in [9.17, 15) is 12.8 Å². The van der Waals surface area contributed by atoms with E-state index in [4.69, 9.17) is 4.42 Å². The Balaban J connectivity index is 1.66. The van der Waals surface area contributed by atoms with Crippen LogP contribution in [0.5, 0.6) is 0 Å². The minimum absolute atomic E-state index is 0.0542. The van der Waals surface area contributed by atoms with Gasteiger partial charge < -0.3 is 9.32 Å². The number of rotatable bonds is 4. The Morgan fingerprint density at radius 2 is 1.55 bits per heavy atom. The maximum absolute atomic E-state index is 14.4. The summed E-state index contributed by atoms with van der Waals surface area (Å²) in [5, 5.41) is -0.198. The number of fused-ring (bicyclic) bond motifs is 1. The van der Waals surface area contributed by atoms with Crippen LogP contribution in [-0.4, -0.2) is 19.9 Å². The largest absolute Gasteiger partial charge is 0.419 e. The highest BCUT2D eigenvalue weighted by atomic mass is 32.2. The molecule has 4 aromatic rings. The van der Waals surface area contributed by atoms with Gasteiger partial charge in [-0.2, -0.15) is 4.98 Å². The van der Waals surface area contributed by atoms with Crippen molar-refractivity contribution in [1.29, 1.82) is 0 Å². The van der Waals surface area contributed by atoms with Crippen LogP contribution in [0.2, 0.25) is 0 Å². The number of oxazole rings is 1. The monoisotopic (exact) mass is 434 g/mol. The van der Waals surface area contributed by atoms with Gasteiger partial charge in [0.2, 0.25) is 26.6 Å². The molecule has 1 aromatic heterocycles. The van der Waals surface area contributed by atoms with Crippen molar-refractivity contribution < 1.29 is 17.2 Å². The Bertz CT molecular complexity index is 1350. The third-order valence-corrected chi connectivity index (χ3v) is 7.08. The molecule has 5 rings (SSSR count). The fourth-order valence-electron chi connectivity index (χ4n) is 3.80. The number of aromatic nitrogens is 1. The van der Waals surface area contributed by atoms with Crippen LogP contribution >= 0.6 is 0 Å². The second-order valence-corrected chi connectivity index (χ2v) is 9.23. The lowest BCUT2D eigenvalue weighted by Gasteiger charge is -2.28. The fraction of sp³-hybridized carbons (Fsp3) is 0.125. The van der Waals surface area contributed by atoms with Crippen molar-refractivity contribution in [3.8, 4) is 11.5 Å². The van der Waals surface area contributed by atoms with Crippen molar-refractivity contribution in [2.45, 2.75) is 22.9 Å². The molecule has 0 saturated heterocycles. The standard InChI is InChI=1S/C24H19FN2O3S/c25-21-13-7-6-12-20(21)22-26-23(31(28,29)19-10-2-1-3-11-19)24(30-22)27-15-14-17-8-4-5-9-18(17)16-27/h1-13H,14-16H2. The van der Waals surface area contributed by atoms with E-state index >= 15 is 0 Å². The van der Waals surface area contributed by atoms with Gasteiger partial charge in [-0.25, -0.2) is 12.8 Å². The summed E-state index contributed by atoms with van der Waals surface area (Å²) in [6, 6.07) is 22.1. The first-order valence-corrected chi connectivity index (χ1v) is 11.4. The zero-order chi connectivity index (χ0) is 21.4. The predicted molar refractivity (Wildman–Crippen MR) is 115 cm³/mol. The zero-order valence-corrected chi connectivity index (χ0v) is 17.3. The van der Waals surface area contributed by atoms with Gasteiger partial charge in [-0.1, -0.05) is 54.6 Å². The number of anilines is 1. The van der Waals surface area contributed by atoms with Crippen molar-refractivity contribution in [3.05, 3.63) is 95.8 Å². The van der Waals surface area contributed by atoms with E-state index in [0.29, 0.717) is 13.1 Å². The average molecular weight is 434 g/mol. The molecular formula is C24H19FN2O3S. The Labute approximate surface area is 179 Å². The number of benzene rings is 3. The summed E-state index contributed by atoms with van der Waals surface area (Å²) in [4.78, 5) is 6.25. The van der Waals surface area contributed by atoms with E-state index in [2.05, 4.69) is 11.1 Å². The molecule has 0 fully saturated rings. The molecule has 7 heteroatoms. The van der Waals surface area contributed by atoms with E-state index in [1.807, 2.05) is 23.1 Å². The lowest BCUT2D eigenvalue weighted by Crippen LogP contribution is -2.31. The first-order valence-electron chi connectivity index (χ1n) is 9.91. The summed E-state index contributed by atoms with van der Waals surface area (Å²) in [5.41, 5.74) is 2.44. The van der Waals surface area contributed by atoms with Gasteiger partial charge in [0.25, 0.3) is 0 Å². The highest BCUT2D eigenvalue weighted by Crippen LogP contribution is 2.37. The maximum atomic E-state index is 14.4. The third-order valence-electron chi connectivity index (χ3n) is 5.41. The molecule has 31 heavy (non-hydrogen) atoms. The average Bonchev–Trinajstić information content (AvgIpc) is 3.26. The molecule has 1 aliphatic rings. The molecule has 0 radical (unpaired) electrons. The first-order chi connectivity index (χ1) is 15.0. The van der Waals surface area contributed by atoms with Crippen LogP contribution in [0.1, 0.15) is 11.1 Å². The van der Waals surface area contributed by atoms with Crippen molar-refractivity contribution >= 4 is 15.7 Å². The van der Waals surface area contributed by atoms with Crippen LogP contribution in [0.15, 0.2) is 93.2 Å². The molecule has 3 aromatic carbocycles. The van der Waals surface area contributed by atoms with Crippen molar-refractivity contribution in [2.75, 3.05) is 11.4 Å². The van der Waals surface area contributed by atoms with Gasteiger partial charge in [0.1, 0.15) is 5.82 Å². The summed E-state index contributed by atoms with van der Waals surface area (Å²) in [5.74, 6) is -0.443. The van der Waals surface area contributed by atoms with Crippen LogP contribution in [0.25, 0.3) is 11.5 Å². The smallest absolute Gasteiger partial charge is 0.236 e. The molecule has 0 aliphatic carbocycles. The highest BCUT2D eigenvalue weighted by molar-refractivity contribution is 7.91. The molecule has 0 saturated carbocycles. The first kappa shape index (κ1) is 19.5. The Kier molecular flexibility index (Phi) is 4.82. The topological polar surface area (TPSA) is 63.4 Å². The Morgan fingerprint density at radius 3 is 2.32 bits per heavy atom. The van der Waals surface area contributed by atoms with Gasteiger partial charge in [-0.05, 0) is 41.8 Å². The molecule has 1 aliphatic heterocycles. The van der Waals surface area contributed by atoms with E-state index < -0.39 is 15.7 Å². The number of nitrogens with zero attached hydrogens (tertiary/aromatic N) is 2. The van der Waals surface area contributed by atoms with Crippen LogP contribution in [-0.2, 0) is 22.8 Å². The van der Waals surface area contributed by atoms with E-state index in [0.717, 1.165) is 12.0 Å². The van der Waals surface area contributed by atoms with Crippen molar-refractivity contribution in [1.82, 2.24) is 4.98 Å². The zero-order valence-electron chi connectivity index (χ0n) is 16.5. The molecule has 5 nitrogen and oxygen atoms in total. The molecule has 0 N–H and O–H groups in total. The molecule has 0 amide bonds. The van der Waals surface area contributed by atoms with E-state index in [1.165, 1.54) is 29.8 Å². The summed E-state index contributed by atoms with van der Waals surface area (Å²) in [6.07, 6.45) is 0.747. The quantitative estimate of drug-likeness (QED) is 0.458. The molecule has 0 unspecified atom stereocenters. The molecule has 0 bridgehead atoms. The SMILES string of the molecule is O=S(=O)(c1ccccc1)c1nc(-c2ccccc2F)oc1N1CCc2ccccc2C1. The summed E-state index contributed by atoms with van der Waals surface area (Å²) in [6.45, 7) is 1.06. The van der Waals surface area contributed by atoms with Gasteiger partial charge in [0, 0.05) is 13.1 Å². The minimum atomic E-state index is -3.97. The third kappa shape index (κ3) is 3.51. The Hall–Kier alpha value is -3.45. The number of halogens is 1. The lowest BCUT2D eigenvalue weighted by molar-refractivity contribution is 0.529. The van der Waals surface area contributed by atoms with E-state index in [1.54, 1.807) is 30.3 Å². The number of hydrogen-bond donors (Lipinski definition) is 0. The molecule has 0 atom stereocenters. The maximum Gasteiger partial charge on any atom is 0.236 e. The molecule has 0 spiro atoms. The van der Waals surface area contributed by atoms with Gasteiger partial charge in [0.15, 0.2) is 0 Å². The lowest BCUT2D eigenvalue weighted by atomic mass is 10.0. The van der Waals surface area contributed by atoms with Gasteiger partial charge in [-0.3, -0.25) is 0 Å². The minimum Gasteiger partial charge on any atom is -0.419 e. The second-order valence-electron chi connectivity index (χ2n) is 7.37. The number of sulfone groups is 1. The molecule has 156 valence electrons. The highest BCUT2D eigenvalue weighted by Gasteiger charge is 2.33. The van der Waals surface area contributed by atoms with Crippen LogP contribution in [0, 0.1) is 5.82 Å².